The number of rotatable bonds is 3. The first-order chi connectivity index (χ1) is 7.16. The smallest absolute Gasteiger partial charge is 0.228 e. The van der Waals surface area contributed by atoms with Crippen LogP contribution in [0.3, 0.4) is 0 Å². The highest BCUT2D eigenvalue weighted by Crippen LogP contribution is 2.30. The molecule has 1 fully saturated rings. The maximum Gasteiger partial charge on any atom is 0.228 e. The number of nitrogens with one attached hydrogen (secondary N) is 2. The number of amides is 2. The van der Waals surface area contributed by atoms with Gasteiger partial charge in [0.05, 0.1) is 0 Å². The third kappa shape index (κ3) is 2.30. The number of carbonyl (C=O) groups excluding carboxylic acids is 2. The SMILES string of the molecule is CC(=O)Nc1nonc1NC(=O)C1CC1. The van der Waals surface area contributed by atoms with Crippen LogP contribution in [0.2, 0.25) is 0 Å². The first-order valence-electron chi connectivity index (χ1n) is 4.58. The van der Waals surface area contributed by atoms with Crippen molar-refractivity contribution in [2.24, 2.45) is 5.92 Å². The monoisotopic (exact) mass is 210 g/mol. The van der Waals surface area contributed by atoms with Crippen LogP contribution in [0.1, 0.15) is 19.8 Å². The minimum absolute atomic E-state index is 0.0619. The predicted octanol–water partition coefficient (Wildman–Crippen LogP) is 0.376. The van der Waals surface area contributed by atoms with Crippen molar-refractivity contribution in [3.8, 4) is 0 Å². The van der Waals surface area contributed by atoms with Crippen molar-refractivity contribution in [1.29, 1.82) is 0 Å². The Bertz CT molecular complexity index is 396. The minimum Gasteiger partial charge on any atom is -0.305 e. The van der Waals surface area contributed by atoms with Gasteiger partial charge >= 0.3 is 0 Å². The molecule has 1 aromatic heterocycles. The van der Waals surface area contributed by atoms with E-state index in [4.69, 9.17) is 0 Å². The van der Waals surface area contributed by atoms with Crippen LogP contribution in [0.5, 0.6) is 0 Å². The molecule has 1 aliphatic rings. The third-order valence-corrected chi connectivity index (χ3v) is 1.97. The summed E-state index contributed by atoms with van der Waals surface area (Å²) in [5.74, 6) is -0.0598. The maximum absolute atomic E-state index is 11.4. The molecule has 1 heterocycles. The number of hydrogen-bond donors (Lipinski definition) is 2. The lowest BCUT2D eigenvalue weighted by Gasteiger charge is -2.00. The van der Waals surface area contributed by atoms with E-state index in [0.717, 1.165) is 12.8 Å². The minimum atomic E-state index is -0.298. The molecule has 7 nitrogen and oxygen atoms in total. The molecule has 80 valence electrons. The van der Waals surface area contributed by atoms with E-state index >= 15 is 0 Å². The summed E-state index contributed by atoms with van der Waals surface area (Å²) in [5.41, 5.74) is 0. The molecule has 1 aromatic rings. The second kappa shape index (κ2) is 3.68. The molecule has 2 rings (SSSR count). The Hall–Kier alpha value is -1.92. The summed E-state index contributed by atoms with van der Waals surface area (Å²) >= 11 is 0. The fourth-order valence-corrected chi connectivity index (χ4v) is 1.08. The quantitative estimate of drug-likeness (QED) is 0.751. The Morgan fingerprint density at radius 2 is 1.87 bits per heavy atom. The van der Waals surface area contributed by atoms with Crippen LogP contribution in [0.15, 0.2) is 4.63 Å². The summed E-state index contributed by atoms with van der Waals surface area (Å²) in [6.07, 6.45) is 1.79. The van der Waals surface area contributed by atoms with Crippen LogP contribution < -0.4 is 10.6 Å². The molecule has 2 amide bonds. The summed E-state index contributed by atoms with van der Waals surface area (Å²) < 4.78 is 4.42. The van der Waals surface area contributed by atoms with E-state index in [1.54, 1.807) is 0 Å². The second-order valence-corrected chi connectivity index (χ2v) is 3.41. The lowest BCUT2D eigenvalue weighted by atomic mass is 10.4. The fourth-order valence-electron chi connectivity index (χ4n) is 1.08. The van der Waals surface area contributed by atoms with Gasteiger partial charge in [0.2, 0.25) is 23.5 Å². The fraction of sp³-hybridized carbons (Fsp3) is 0.500. The molecule has 2 N–H and O–H groups in total. The number of nitrogens with zero attached hydrogens (tertiary/aromatic N) is 2. The van der Waals surface area contributed by atoms with Gasteiger partial charge in [0.1, 0.15) is 0 Å². The predicted molar refractivity (Wildman–Crippen MR) is 50.0 cm³/mol. The molecule has 0 radical (unpaired) electrons. The molecular weight excluding hydrogens is 200 g/mol. The first-order valence-corrected chi connectivity index (χ1v) is 4.58. The molecule has 0 spiro atoms. The Balaban J connectivity index is 2.03. The van der Waals surface area contributed by atoms with Gasteiger partial charge in [-0.05, 0) is 23.2 Å². The molecular formula is C8H10N4O3. The van der Waals surface area contributed by atoms with Gasteiger partial charge in [0, 0.05) is 12.8 Å². The van der Waals surface area contributed by atoms with Crippen molar-refractivity contribution >= 4 is 23.5 Å². The standard InChI is InChI=1S/C8H10N4O3/c1-4(13)9-6-7(12-15-11-6)10-8(14)5-2-3-5/h5H,2-3H2,1H3,(H,9,11,13)(H,10,12,14). The molecule has 0 aromatic carbocycles. The average molecular weight is 210 g/mol. The number of carbonyl (C=O) groups is 2. The largest absolute Gasteiger partial charge is 0.305 e. The van der Waals surface area contributed by atoms with Gasteiger partial charge in [-0.15, -0.1) is 0 Å². The molecule has 0 unspecified atom stereocenters. The zero-order valence-electron chi connectivity index (χ0n) is 8.11. The van der Waals surface area contributed by atoms with Crippen molar-refractivity contribution in [2.75, 3.05) is 10.6 Å². The summed E-state index contributed by atoms with van der Waals surface area (Å²) in [6.45, 7) is 1.33. The van der Waals surface area contributed by atoms with Crippen LogP contribution in [0.25, 0.3) is 0 Å². The first kappa shape index (κ1) is 9.63. The summed E-state index contributed by atoms with van der Waals surface area (Å²) in [7, 11) is 0. The van der Waals surface area contributed by atoms with Gasteiger partial charge in [0.15, 0.2) is 0 Å². The molecule has 1 saturated carbocycles. The number of anilines is 2. The average Bonchev–Trinajstić information content (AvgIpc) is 2.92. The van der Waals surface area contributed by atoms with Crippen molar-refractivity contribution in [1.82, 2.24) is 10.3 Å². The Morgan fingerprint density at radius 1 is 1.27 bits per heavy atom. The highest BCUT2D eigenvalue weighted by Gasteiger charge is 2.30. The van der Waals surface area contributed by atoms with E-state index in [1.165, 1.54) is 6.92 Å². The van der Waals surface area contributed by atoms with Gasteiger partial charge < -0.3 is 10.6 Å². The van der Waals surface area contributed by atoms with Crippen molar-refractivity contribution in [3.63, 3.8) is 0 Å². The van der Waals surface area contributed by atoms with Crippen LogP contribution in [0.4, 0.5) is 11.6 Å². The Labute approximate surface area is 85.2 Å². The number of hydrogen-bond acceptors (Lipinski definition) is 5. The number of aromatic nitrogens is 2. The van der Waals surface area contributed by atoms with E-state index in [1.807, 2.05) is 0 Å². The summed E-state index contributed by atoms with van der Waals surface area (Å²) in [6, 6.07) is 0. The van der Waals surface area contributed by atoms with E-state index in [0.29, 0.717) is 0 Å². The lowest BCUT2D eigenvalue weighted by molar-refractivity contribution is -0.117. The lowest BCUT2D eigenvalue weighted by Crippen LogP contribution is -2.16. The van der Waals surface area contributed by atoms with Gasteiger partial charge in [-0.25, -0.2) is 4.63 Å². The van der Waals surface area contributed by atoms with Crippen molar-refractivity contribution in [2.45, 2.75) is 19.8 Å². The Kier molecular flexibility index (Phi) is 2.36. The van der Waals surface area contributed by atoms with Crippen LogP contribution >= 0.6 is 0 Å². The molecule has 0 saturated heterocycles. The topological polar surface area (TPSA) is 97.1 Å². The van der Waals surface area contributed by atoms with Gasteiger partial charge in [-0.1, -0.05) is 0 Å². The zero-order valence-corrected chi connectivity index (χ0v) is 8.11. The Morgan fingerprint density at radius 3 is 2.40 bits per heavy atom. The molecule has 15 heavy (non-hydrogen) atoms. The van der Waals surface area contributed by atoms with Crippen LogP contribution in [-0.2, 0) is 9.59 Å². The van der Waals surface area contributed by atoms with Crippen LogP contribution in [0, 0.1) is 5.92 Å². The molecule has 0 bridgehead atoms. The van der Waals surface area contributed by atoms with Gasteiger partial charge in [-0.2, -0.15) is 0 Å². The third-order valence-electron chi connectivity index (χ3n) is 1.97. The van der Waals surface area contributed by atoms with E-state index < -0.39 is 0 Å². The molecule has 0 atom stereocenters. The normalized spacial score (nSPS) is 14.7. The highest BCUT2D eigenvalue weighted by molar-refractivity contribution is 5.97. The van der Waals surface area contributed by atoms with Gasteiger partial charge in [-0.3, -0.25) is 9.59 Å². The van der Waals surface area contributed by atoms with Crippen molar-refractivity contribution < 1.29 is 14.2 Å². The van der Waals surface area contributed by atoms with E-state index in [2.05, 4.69) is 25.6 Å². The highest BCUT2D eigenvalue weighted by atomic mass is 16.6. The molecule has 0 aliphatic heterocycles. The molecule has 1 aliphatic carbocycles. The van der Waals surface area contributed by atoms with Crippen molar-refractivity contribution in [3.05, 3.63) is 0 Å². The summed E-state index contributed by atoms with van der Waals surface area (Å²) in [4.78, 5) is 22.1. The maximum atomic E-state index is 11.4. The van der Waals surface area contributed by atoms with Gasteiger partial charge in [0.25, 0.3) is 0 Å². The zero-order chi connectivity index (χ0) is 10.8. The van der Waals surface area contributed by atoms with E-state index in [-0.39, 0.29) is 29.4 Å². The van der Waals surface area contributed by atoms with E-state index in [9.17, 15) is 9.59 Å². The second-order valence-electron chi connectivity index (χ2n) is 3.41. The molecule has 7 heteroatoms. The van der Waals surface area contributed by atoms with Crippen LogP contribution in [-0.4, -0.2) is 22.1 Å². The summed E-state index contributed by atoms with van der Waals surface area (Å²) in [5, 5.41) is 11.9.